The van der Waals surface area contributed by atoms with Gasteiger partial charge in [-0.1, -0.05) is 30.3 Å². The molecule has 0 spiro atoms. The Hall–Kier alpha value is -2.82. The number of hydrogen-bond donors (Lipinski definition) is 2. The first kappa shape index (κ1) is 21.9. The Balaban J connectivity index is 1.42. The van der Waals surface area contributed by atoms with Crippen molar-refractivity contribution in [1.82, 2.24) is 10.2 Å². The van der Waals surface area contributed by atoms with Crippen LogP contribution in [0.3, 0.4) is 0 Å². The van der Waals surface area contributed by atoms with E-state index < -0.39 is 0 Å². The highest BCUT2D eigenvalue weighted by atomic mass is 16.2. The maximum Gasteiger partial charge on any atom is 0.321 e. The lowest BCUT2D eigenvalue weighted by atomic mass is 9.93. The van der Waals surface area contributed by atoms with E-state index in [2.05, 4.69) is 42.7 Å². The number of amides is 3. The molecule has 0 radical (unpaired) electrons. The second-order valence-electron chi connectivity index (χ2n) is 8.49. The van der Waals surface area contributed by atoms with Crippen molar-refractivity contribution < 1.29 is 9.59 Å². The number of benzene rings is 2. The van der Waals surface area contributed by atoms with Crippen molar-refractivity contribution >= 4 is 17.6 Å². The molecule has 0 aliphatic carbocycles. The van der Waals surface area contributed by atoms with E-state index in [0.717, 1.165) is 42.6 Å². The monoisotopic (exact) mass is 407 g/mol. The molecule has 1 unspecified atom stereocenters. The summed E-state index contributed by atoms with van der Waals surface area (Å²) in [4.78, 5) is 26.8. The van der Waals surface area contributed by atoms with Crippen molar-refractivity contribution in [1.29, 1.82) is 0 Å². The Kier molecular flexibility index (Phi) is 7.50. The van der Waals surface area contributed by atoms with E-state index in [1.807, 2.05) is 36.1 Å². The van der Waals surface area contributed by atoms with Gasteiger partial charge in [0.1, 0.15) is 0 Å². The first-order chi connectivity index (χ1) is 14.4. The van der Waals surface area contributed by atoms with Crippen molar-refractivity contribution in [2.75, 3.05) is 18.4 Å². The van der Waals surface area contributed by atoms with Gasteiger partial charge in [-0.15, -0.1) is 0 Å². The van der Waals surface area contributed by atoms with Crippen molar-refractivity contribution in [3.63, 3.8) is 0 Å². The number of carbonyl (C=O) groups excluding carboxylic acids is 2. The zero-order valence-corrected chi connectivity index (χ0v) is 18.3. The fourth-order valence-corrected chi connectivity index (χ4v) is 3.95. The SMILES string of the molecule is Cc1cccc(NC(=O)N2CCCC(CCC(=O)NCc3ccc(C)c(C)c3)C2)c1. The molecule has 2 aromatic carbocycles. The lowest BCUT2D eigenvalue weighted by Gasteiger charge is -2.32. The van der Waals surface area contributed by atoms with Crippen LogP contribution in [0.2, 0.25) is 0 Å². The van der Waals surface area contributed by atoms with Gasteiger partial charge in [-0.05, 0) is 80.3 Å². The van der Waals surface area contributed by atoms with Crippen LogP contribution in [0, 0.1) is 26.7 Å². The molecule has 3 rings (SSSR count). The summed E-state index contributed by atoms with van der Waals surface area (Å²) >= 11 is 0. The highest BCUT2D eigenvalue weighted by molar-refractivity contribution is 5.89. The summed E-state index contributed by atoms with van der Waals surface area (Å²) < 4.78 is 0. The van der Waals surface area contributed by atoms with Crippen molar-refractivity contribution in [3.8, 4) is 0 Å². The number of urea groups is 1. The summed E-state index contributed by atoms with van der Waals surface area (Å²) in [5, 5.41) is 6.02. The van der Waals surface area contributed by atoms with Gasteiger partial charge in [0, 0.05) is 31.7 Å². The molecule has 2 N–H and O–H groups in total. The van der Waals surface area contributed by atoms with Crippen LogP contribution in [-0.2, 0) is 11.3 Å². The molecule has 1 fully saturated rings. The molecule has 1 heterocycles. The largest absolute Gasteiger partial charge is 0.352 e. The second-order valence-corrected chi connectivity index (χ2v) is 8.49. The summed E-state index contributed by atoms with van der Waals surface area (Å²) in [6, 6.07) is 14.1. The van der Waals surface area contributed by atoms with Gasteiger partial charge in [-0.2, -0.15) is 0 Å². The van der Waals surface area contributed by atoms with Crippen LogP contribution >= 0.6 is 0 Å². The quantitative estimate of drug-likeness (QED) is 0.711. The molecule has 0 bridgehead atoms. The van der Waals surface area contributed by atoms with E-state index in [1.165, 1.54) is 11.1 Å². The smallest absolute Gasteiger partial charge is 0.321 e. The Labute approximate surface area is 179 Å². The molecule has 2 aromatic rings. The lowest BCUT2D eigenvalue weighted by Crippen LogP contribution is -2.42. The molecule has 0 saturated carbocycles. The third-order valence-corrected chi connectivity index (χ3v) is 5.92. The molecule has 0 aromatic heterocycles. The number of hydrogen-bond acceptors (Lipinski definition) is 2. The van der Waals surface area contributed by atoms with Crippen LogP contribution in [0.15, 0.2) is 42.5 Å². The minimum Gasteiger partial charge on any atom is -0.352 e. The number of nitrogens with zero attached hydrogens (tertiary/aromatic N) is 1. The number of likely N-dealkylation sites (tertiary alicyclic amines) is 1. The predicted octanol–water partition coefficient (Wildman–Crippen LogP) is 4.95. The maximum absolute atomic E-state index is 12.6. The number of aryl methyl sites for hydroxylation is 3. The number of rotatable bonds is 6. The molecule has 1 aliphatic rings. The molecular weight excluding hydrogens is 374 g/mol. The summed E-state index contributed by atoms with van der Waals surface area (Å²) in [6.45, 7) is 8.24. The van der Waals surface area contributed by atoms with E-state index >= 15 is 0 Å². The van der Waals surface area contributed by atoms with Crippen molar-refractivity contribution in [2.45, 2.75) is 53.0 Å². The number of carbonyl (C=O) groups is 2. The van der Waals surface area contributed by atoms with Gasteiger partial charge in [0.25, 0.3) is 0 Å². The van der Waals surface area contributed by atoms with Gasteiger partial charge in [-0.3, -0.25) is 4.79 Å². The molecule has 30 heavy (non-hydrogen) atoms. The van der Waals surface area contributed by atoms with Gasteiger partial charge in [0.05, 0.1) is 0 Å². The van der Waals surface area contributed by atoms with Crippen LogP contribution in [0.25, 0.3) is 0 Å². The molecule has 3 amide bonds. The fraction of sp³-hybridized carbons (Fsp3) is 0.440. The molecule has 160 valence electrons. The van der Waals surface area contributed by atoms with E-state index in [-0.39, 0.29) is 11.9 Å². The summed E-state index contributed by atoms with van der Waals surface area (Å²) in [7, 11) is 0. The van der Waals surface area contributed by atoms with Gasteiger partial charge in [0.2, 0.25) is 5.91 Å². The van der Waals surface area contributed by atoms with Crippen molar-refractivity contribution in [3.05, 3.63) is 64.7 Å². The van der Waals surface area contributed by atoms with Crippen molar-refractivity contribution in [2.24, 2.45) is 5.92 Å². The Bertz CT molecular complexity index is 894. The Morgan fingerprint density at radius 3 is 2.67 bits per heavy atom. The average Bonchev–Trinajstić information content (AvgIpc) is 2.73. The maximum atomic E-state index is 12.6. The summed E-state index contributed by atoms with van der Waals surface area (Å²) in [6.07, 6.45) is 3.37. The number of piperidine rings is 1. The number of nitrogens with one attached hydrogen (secondary N) is 2. The molecular formula is C25H33N3O2. The van der Waals surface area contributed by atoms with E-state index in [1.54, 1.807) is 0 Å². The van der Waals surface area contributed by atoms with E-state index in [9.17, 15) is 9.59 Å². The van der Waals surface area contributed by atoms with Gasteiger partial charge >= 0.3 is 6.03 Å². The third-order valence-electron chi connectivity index (χ3n) is 5.92. The van der Waals surface area contributed by atoms with Gasteiger partial charge in [-0.25, -0.2) is 4.79 Å². The van der Waals surface area contributed by atoms with Gasteiger partial charge in [0.15, 0.2) is 0 Å². The molecule has 1 aliphatic heterocycles. The summed E-state index contributed by atoms with van der Waals surface area (Å²) in [5.74, 6) is 0.448. The third kappa shape index (κ3) is 6.34. The Morgan fingerprint density at radius 1 is 1.07 bits per heavy atom. The minimum atomic E-state index is -0.0514. The Morgan fingerprint density at radius 2 is 1.90 bits per heavy atom. The zero-order valence-electron chi connectivity index (χ0n) is 18.3. The first-order valence-electron chi connectivity index (χ1n) is 10.9. The van der Waals surface area contributed by atoms with Gasteiger partial charge < -0.3 is 15.5 Å². The topological polar surface area (TPSA) is 61.4 Å². The molecule has 5 nitrogen and oxygen atoms in total. The van der Waals surface area contributed by atoms with Crippen LogP contribution < -0.4 is 10.6 Å². The normalized spacial score (nSPS) is 16.2. The van der Waals surface area contributed by atoms with E-state index in [0.29, 0.717) is 25.4 Å². The summed E-state index contributed by atoms with van der Waals surface area (Å²) in [5.41, 5.74) is 5.58. The predicted molar refractivity (Wildman–Crippen MR) is 121 cm³/mol. The second kappa shape index (κ2) is 10.3. The lowest BCUT2D eigenvalue weighted by molar-refractivity contribution is -0.121. The van der Waals surface area contributed by atoms with Crippen LogP contribution in [-0.4, -0.2) is 29.9 Å². The fourth-order valence-electron chi connectivity index (χ4n) is 3.95. The highest BCUT2D eigenvalue weighted by Crippen LogP contribution is 2.22. The van der Waals surface area contributed by atoms with E-state index in [4.69, 9.17) is 0 Å². The van der Waals surface area contributed by atoms with Crippen LogP contribution in [0.1, 0.15) is 47.9 Å². The minimum absolute atomic E-state index is 0.0514. The van der Waals surface area contributed by atoms with Crippen LogP contribution in [0.5, 0.6) is 0 Å². The standard InChI is InChI=1S/C25H33N3O2/c1-18-6-4-8-23(14-18)27-25(30)28-13-5-7-21(17-28)11-12-24(29)26-16-22-10-9-19(2)20(3)15-22/h4,6,8-10,14-15,21H,5,7,11-13,16-17H2,1-3H3,(H,26,29)(H,27,30). The van der Waals surface area contributed by atoms with Crippen LogP contribution in [0.4, 0.5) is 10.5 Å². The molecule has 1 atom stereocenters. The highest BCUT2D eigenvalue weighted by Gasteiger charge is 2.24. The number of anilines is 1. The zero-order chi connectivity index (χ0) is 21.5. The first-order valence-corrected chi connectivity index (χ1v) is 10.9. The average molecular weight is 408 g/mol. The molecule has 1 saturated heterocycles. The molecule has 5 heteroatoms.